The van der Waals surface area contributed by atoms with E-state index in [9.17, 15) is 14.7 Å². The fourth-order valence-corrected chi connectivity index (χ4v) is 3.95. The number of ether oxygens (including phenoxy) is 1. The molecule has 1 aliphatic heterocycles. The third-order valence-electron chi connectivity index (χ3n) is 5.61. The van der Waals surface area contributed by atoms with E-state index in [0.717, 1.165) is 12.8 Å². The number of carboxylic acid groups (broad SMARTS) is 1. The Morgan fingerprint density at radius 3 is 2.71 bits per heavy atom. The predicted octanol–water partition coefficient (Wildman–Crippen LogP) is 3.59. The summed E-state index contributed by atoms with van der Waals surface area (Å²) in [6.45, 7) is 4.34. The van der Waals surface area contributed by atoms with Gasteiger partial charge in [-0.15, -0.1) is 0 Å². The first-order chi connectivity index (χ1) is 14.7. The van der Waals surface area contributed by atoms with Crippen LogP contribution in [-0.2, 0) is 12.0 Å². The Hall–Kier alpha value is -3.55. The van der Waals surface area contributed by atoms with Gasteiger partial charge in [0.25, 0.3) is 0 Å². The number of nitrogens with one attached hydrogen (secondary N) is 1. The minimum atomic E-state index is -1.39. The zero-order chi connectivity index (χ0) is 22.3. The van der Waals surface area contributed by atoms with Gasteiger partial charge in [0, 0.05) is 12.7 Å². The number of hydrogen-bond acceptors (Lipinski definition) is 5. The van der Waals surface area contributed by atoms with Crippen molar-refractivity contribution in [1.82, 2.24) is 4.57 Å². The molecule has 7 nitrogen and oxygen atoms in total. The van der Waals surface area contributed by atoms with Crippen LogP contribution in [0.5, 0.6) is 5.75 Å². The van der Waals surface area contributed by atoms with Gasteiger partial charge in [-0.05, 0) is 32.3 Å². The van der Waals surface area contributed by atoms with Crippen molar-refractivity contribution in [2.75, 3.05) is 24.2 Å². The fraction of sp³-hybridized carbons (Fsp3) is 0.304. The van der Waals surface area contributed by atoms with Gasteiger partial charge in [0.1, 0.15) is 17.9 Å². The molecule has 1 aromatic heterocycles. The summed E-state index contributed by atoms with van der Waals surface area (Å²) < 4.78 is 22.8. The second kappa shape index (κ2) is 7.61. The van der Waals surface area contributed by atoms with Crippen molar-refractivity contribution in [2.24, 2.45) is 0 Å². The summed E-state index contributed by atoms with van der Waals surface area (Å²) >= 11 is 0. The highest BCUT2D eigenvalue weighted by atomic mass is 19.1. The highest BCUT2D eigenvalue weighted by Gasteiger charge is 2.35. The molecule has 2 heterocycles. The highest BCUT2D eigenvalue weighted by molar-refractivity contribution is 6.03. The summed E-state index contributed by atoms with van der Waals surface area (Å²) in [7, 11) is 0. The lowest BCUT2D eigenvalue weighted by molar-refractivity contribution is 0.0693. The molecule has 162 valence electrons. The fourth-order valence-electron chi connectivity index (χ4n) is 3.95. The van der Waals surface area contributed by atoms with Gasteiger partial charge >= 0.3 is 5.97 Å². The van der Waals surface area contributed by atoms with Gasteiger partial charge in [0.05, 0.1) is 22.1 Å². The molecule has 0 unspecified atom stereocenters. The maximum Gasteiger partial charge on any atom is 0.341 e. The molecule has 0 saturated carbocycles. The molecule has 0 bridgehead atoms. The monoisotopic (exact) mass is 425 g/mol. The van der Waals surface area contributed by atoms with Crippen LogP contribution in [0.25, 0.3) is 10.9 Å². The Morgan fingerprint density at radius 2 is 2.03 bits per heavy atom. The largest absolute Gasteiger partial charge is 0.487 e. The predicted molar refractivity (Wildman–Crippen MR) is 118 cm³/mol. The number of carboxylic acids is 1. The standard InChI is InChI=1S/C23H24FN3O4/c1-23(2)12-31-21-18(26-10-6-9-13-7-4-3-5-8-13)16(24)17(25)15-19(21)27(23)11-14(20(15)28)22(29)30/h3-5,7-8,11,26H,6,9-10,12,25H2,1-2H3,(H,29,30). The van der Waals surface area contributed by atoms with Crippen LogP contribution in [0.4, 0.5) is 15.8 Å². The number of nitrogens with zero attached hydrogens (tertiary/aromatic N) is 1. The van der Waals surface area contributed by atoms with E-state index >= 15 is 4.39 Å². The van der Waals surface area contributed by atoms with E-state index in [-0.39, 0.29) is 29.1 Å². The Morgan fingerprint density at radius 1 is 1.32 bits per heavy atom. The van der Waals surface area contributed by atoms with E-state index in [1.54, 1.807) is 4.57 Å². The summed E-state index contributed by atoms with van der Waals surface area (Å²) in [6.07, 6.45) is 2.85. The number of rotatable bonds is 6. The molecule has 3 aromatic rings. The van der Waals surface area contributed by atoms with E-state index in [1.807, 2.05) is 44.2 Å². The van der Waals surface area contributed by atoms with Gasteiger partial charge in [-0.1, -0.05) is 30.3 Å². The summed E-state index contributed by atoms with van der Waals surface area (Å²) in [5.41, 5.74) is 5.26. The van der Waals surface area contributed by atoms with Crippen LogP contribution in [0, 0.1) is 5.82 Å². The molecule has 4 N–H and O–H groups in total. The Bertz CT molecular complexity index is 1240. The number of hydrogen-bond donors (Lipinski definition) is 3. The van der Waals surface area contributed by atoms with Crippen LogP contribution in [0.15, 0.2) is 41.3 Å². The molecule has 0 aliphatic carbocycles. The minimum Gasteiger partial charge on any atom is -0.487 e. The van der Waals surface area contributed by atoms with Crippen molar-refractivity contribution >= 4 is 28.2 Å². The number of nitrogens with two attached hydrogens (primary N) is 1. The summed E-state index contributed by atoms with van der Waals surface area (Å²) in [5, 5.41) is 12.4. The molecular formula is C23H24FN3O4. The van der Waals surface area contributed by atoms with E-state index in [1.165, 1.54) is 11.8 Å². The number of benzene rings is 2. The normalized spacial score (nSPS) is 14.3. The van der Waals surface area contributed by atoms with Gasteiger partial charge in [-0.3, -0.25) is 4.79 Å². The Labute approximate surface area is 178 Å². The Kier molecular flexibility index (Phi) is 5.08. The third kappa shape index (κ3) is 3.48. The van der Waals surface area contributed by atoms with E-state index in [0.29, 0.717) is 12.1 Å². The third-order valence-corrected chi connectivity index (χ3v) is 5.61. The molecule has 0 saturated heterocycles. The summed E-state index contributed by atoms with van der Waals surface area (Å²) in [4.78, 5) is 24.4. The number of aromatic carboxylic acids is 1. The van der Waals surface area contributed by atoms with Crippen LogP contribution < -0.4 is 21.2 Å². The van der Waals surface area contributed by atoms with Crippen LogP contribution in [0.3, 0.4) is 0 Å². The van der Waals surface area contributed by atoms with E-state index in [4.69, 9.17) is 10.5 Å². The first-order valence-corrected chi connectivity index (χ1v) is 10.1. The maximum absolute atomic E-state index is 15.2. The van der Waals surface area contributed by atoms with Crippen LogP contribution in [-0.4, -0.2) is 28.8 Å². The highest BCUT2D eigenvalue weighted by Crippen LogP contribution is 2.44. The van der Waals surface area contributed by atoms with Gasteiger partial charge < -0.3 is 25.5 Å². The van der Waals surface area contributed by atoms with Crippen molar-refractivity contribution in [1.29, 1.82) is 0 Å². The van der Waals surface area contributed by atoms with Crippen molar-refractivity contribution in [3.8, 4) is 5.75 Å². The molecule has 0 spiro atoms. The number of aryl methyl sites for hydroxylation is 1. The molecule has 0 radical (unpaired) electrons. The number of halogens is 1. The molecule has 8 heteroatoms. The van der Waals surface area contributed by atoms with E-state index in [2.05, 4.69) is 5.32 Å². The van der Waals surface area contributed by atoms with Crippen molar-refractivity contribution in [3.63, 3.8) is 0 Å². The zero-order valence-corrected chi connectivity index (χ0v) is 17.4. The quantitative estimate of drug-likeness (QED) is 0.412. The summed E-state index contributed by atoms with van der Waals surface area (Å²) in [5.74, 6) is -2.02. The first kappa shape index (κ1) is 20.7. The Balaban J connectivity index is 1.79. The van der Waals surface area contributed by atoms with Crippen molar-refractivity contribution in [3.05, 3.63) is 63.7 Å². The lowest BCUT2D eigenvalue weighted by atomic mass is 9.98. The molecular weight excluding hydrogens is 401 g/mol. The molecule has 0 amide bonds. The van der Waals surface area contributed by atoms with Gasteiger partial charge in [0.2, 0.25) is 5.43 Å². The number of nitrogen functional groups attached to an aromatic ring is 1. The molecule has 0 fully saturated rings. The number of pyridine rings is 1. The molecule has 31 heavy (non-hydrogen) atoms. The minimum absolute atomic E-state index is 0.0878. The lowest BCUT2D eigenvalue weighted by Crippen LogP contribution is -2.39. The van der Waals surface area contributed by atoms with E-state index < -0.39 is 28.3 Å². The van der Waals surface area contributed by atoms with Crippen molar-refractivity contribution in [2.45, 2.75) is 32.2 Å². The smallest absolute Gasteiger partial charge is 0.341 e. The average Bonchev–Trinajstić information content (AvgIpc) is 2.73. The van der Waals surface area contributed by atoms with Crippen LogP contribution >= 0.6 is 0 Å². The number of anilines is 2. The molecule has 4 rings (SSSR count). The maximum atomic E-state index is 15.2. The lowest BCUT2D eigenvalue weighted by Gasteiger charge is -2.36. The topological polar surface area (TPSA) is 107 Å². The summed E-state index contributed by atoms with van der Waals surface area (Å²) in [6, 6.07) is 9.95. The average molecular weight is 425 g/mol. The SMILES string of the molecule is CC1(C)COc2c(NCCCc3ccccc3)c(F)c(N)c3c(=O)c(C(=O)O)cn1c23. The molecule has 0 atom stereocenters. The molecule has 1 aliphatic rings. The van der Waals surface area contributed by atoms with Gasteiger partial charge in [-0.25, -0.2) is 9.18 Å². The van der Waals surface area contributed by atoms with Crippen LogP contribution in [0.2, 0.25) is 0 Å². The zero-order valence-electron chi connectivity index (χ0n) is 17.4. The second-order valence-corrected chi connectivity index (χ2v) is 8.32. The van der Waals surface area contributed by atoms with Crippen LogP contribution in [0.1, 0.15) is 36.2 Å². The van der Waals surface area contributed by atoms with Crippen molar-refractivity contribution < 1.29 is 19.0 Å². The molecule has 2 aromatic carbocycles. The first-order valence-electron chi connectivity index (χ1n) is 10.1. The van der Waals surface area contributed by atoms with Gasteiger partial charge in [0.15, 0.2) is 11.6 Å². The number of carbonyl (C=O) groups is 1. The second-order valence-electron chi connectivity index (χ2n) is 8.32. The number of aromatic nitrogens is 1. The van der Waals surface area contributed by atoms with Gasteiger partial charge in [-0.2, -0.15) is 0 Å².